The van der Waals surface area contributed by atoms with E-state index >= 15 is 0 Å². The van der Waals surface area contributed by atoms with Crippen LogP contribution in [0.1, 0.15) is 36.3 Å². The summed E-state index contributed by atoms with van der Waals surface area (Å²) in [6.45, 7) is 5.38. The van der Waals surface area contributed by atoms with E-state index in [1.165, 1.54) is 11.1 Å². The second-order valence-corrected chi connectivity index (χ2v) is 6.00. The zero-order valence-corrected chi connectivity index (χ0v) is 13.9. The van der Waals surface area contributed by atoms with Crippen molar-refractivity contribution >= 4 is 15.9 Å². The van der Waals surface area contributed by atoms with E-state index in [2.05, 4.69) is 69.0 Å². The molecule has 0 fully saturated rings. The molecule has 1 aromatic heterocycles. The van der Waals surface area contributed by atoms with E-state index in [0.717, 1.165) is 29.7 Å². The molecule has 0 saturated heterocycles. The Morgan fingerprint density at radius 3 is 2.85 bits per heavy atom. The summed E-state index contributed by atoms with van der Waals surface area (Å²) in [7, 11) is 2.01. The number of aryl methyl sites for hydroxylation is 2. The zero-order valence-electron chi connectivity index (χ0n) is 12.4. The molecule has 0 amide bonds. The Balaban J connectivity index is 2.22. The molecule has 1 N–H and O–H groups in total. The van der Waals surface area contributed by atoms with Crippen LogP contribution in [0, 0.1) is 6.92 Å². The molecule has 0 aliphatic rings. The molecule has 1 unspecified atom stereocenters. The molecule has 108 valence electrons. The van der Waals surface area contributed by atoms with Gasteiger partial charge in [-0.1, -0.05) is 28.9 Å². The number of aromatic nitrogens is 2. The van der Waals surface area contributed by atoms with Gasteiger partial charge in [0.05, 0.1) is 0 Å². The first-order chi connectivity index (χ1) is 9.65. The number of nitrogens with zero attached hydrogens (tertiary/aromatic N) is 2. The number of likely N-dealkylation sites (N-methyl/N-ethyl adjacent to an activating group) is 1. The summed E-state index contributed by atoms with van der Waals surface area (Å²) in [4.78, 5) is 4.51. The van der Waals surface area contributed by atoms with Crippen molar-refractivity contribution in [2.75, 3.05) is 7.05 Å². The van der Waals surface area contributed by atoms with Crippen LogP contribution < -0.4 is 5.32 Å². The fourth-order valence-corrected chi connectivity index (χ4v) is 3.03. The maximum atomic E-state index is 4.51. The molecule has 0 spiro atoms. The summed E-state index contributed by atoms with van der Waals surface area (Å²) in [5, 5.41) is 3.42. The average Bonchev–Trinajstić information content (AvgIpc) is 2.84. The van der Waals surface area contributed by atoms with Crippen LogP contribution in [0.4, 0.5) is 0 Å². The molecule has 0 aliphatic carbocycles. The van der Waals surface area contributed by atoms with Crippen LogP contribution in [-0.2, 0) is 13.0 Å². The highest BCUT2D eigenvalue weighted by atomic mass is 79.9. The van der Waals surface area contributed by atoms with Crippen molar-refractivity contribution in [1.29, 1.82) is 0 Å². The normalized spacial score (nSPS) is 12.6. The van der Waals surface area contributed by atoms with E-state index in [1.54, 1.807) is 0 Å². The Kier molecular flexibility index (Phi) is 5.38. The SMILES string of the molecule is CCCn1ccnc1CC(NC)c1ccc(Br)cc1C. The van der Waals surface area contributed by atoms with Gasteiger partial charge in [0, 0.05) is 35.9 Å². The van der Waals surface area contributed by atoms with E-state index in [9.17, 15) is 0 Å². The van der Waals surface area contributed by atoms with Gasteiger partial charge in [-0.2, -0.15) is 0 Å². The molecule has 1 atom stereocenters. The molecule has 1 heterocycles. The minimum atomic E-state index is 0.293. The lowest BCUT2D eigenvalue weighted by atomic mass is 9.98. The van der Waals surface area contributed by atoms with Crippen molar-refractivity contribution in [2.24, 2.45) is 0 Å². The molecule has 0 aliphatic heterocycles. The number of imidazole rings is 1. The van der Waals surface area contributed by atoms with Crippen molar-refractivity contribution in [1.82, 2.24) is 14.9 Å². The number of hydrogen-bond acceptors (Lipinski definition) is 2. The Hall–Kier alpha value is -1.13. The molecule has 2 aromatic rings. The molecule has 0 saturated carbocycles. The van der Waals surface area contributed by atoms with Gasteiger partial charge in [-0.3, -0.25) is 0 Å². The smallest absolute Gasteiger partial charge is 0.110 e. The molecule has 0 bridgehead atoms. The second kappa shape index (κ2) is 7.04. The maximum absolute atomic E-state index is 4.51. The second-order valence-electron chi connectivity index (χ2n) is 5.08. The maximum Gasteiger partial charge on any atom is 0.110 e. The van der Waals surface area contributed by atoms with Crippen LogP contribution in [0.3, 0.4) is 0 Å². The van der Waals surface area contributed by atoms with Gasteiger partial charge in [0.15, 0.2) is 0 Å². The summed E-state index contributed by atoms with van der Waals surface area (Å²) >= 11 is 3.52. The molecule has 3 nitrogen and oxygen atoms in total. The van der Waals surface area contributed by atoms with Crippen LogP contribution in [0.25, 0.3) is 0 Å². The van der Waals surface area contributed by atoms with Crippen molar-refractivity contribution in [3.05, 3.63) is 52.0 Å². The van der Waals surface area contributed by atoms with Crippen LogP contribution >= 0.6 is 15.9 Å². The number of rotatable bonds is 6. The summed E-state index contributed by atoms with van der Waals surface area (Å²) in [5.74, 6) is 1.15. The fraction of sp³-hybridized carbons (Fsp3) is 0.438. The molecule has 4 heteroatoms. The third-order valence-electron chi connectivity index (χ3n) is 3.61. The lowest BCUT2D eigenvalue weighted by molar-refractivity contribution is 0.541. The van der Waals surface area contributed by atoms with Gasteiger partial charge in [0.25, 0.3) is 0 Å². The predicted molar refractivity (Wildman–Crippen MR) is 86.9 cm³/mol. The van der Waals surface area contributed by atoms with E-state index < -0.39 is 0 Å². The first kappa shape index (κ1) is 15.3. The summed E-state index contributed by atoms with van der Waals surface area (Å²) in [6.07, 6.45) is 6.00. The Morgan fingerprint density at radius 1 is 1.40 bits per heavy atom. The highest BCUT2D eigenvalue weighted by Gasteiger charge is 2.15. The Bertz CT molecular complexity index is 563. The monoisotopic (exact) mass is 335 g/mol. The first-order valence-corrected chi connectivity index (χ1v) is 7.88. The number of halogens is 1. The van der Waals surface area contributed by atoms with Gasteiger partial charge in [-0.15, -0.1) is 0 Å². The van der Waals surface area contributed by atoms with Crippen LogP contribution in [0.15, 0.2) is 35.1 Å². The van der Waals surface area contributed by atoms with E-state index in [-0.39, 0.29) is 0 Å². The minimum absolute atomic E-state index is 0.293. The van der Waals surface area contributed by atoms with E-state index in [4.69, 9.17) is 0 Å². The number of hydrogen-bond donors (Lipinski definition) is 1. The highest BCUT2D eigenvalue weighted by molar-refractivity contribution is 9.10. The Morgan fingerprint density at radius 2 is 2.20 bits per heavy atom. The van der Waals surface area contributed by atoms with Gasteiger partial charge in [0.1, 0.15) is 5.82 Å². The highest BCUT2D eigenvalue weighted by Crippen LogP contribution is 2.24. The lowest BCUT2D eigenvalue weighted by Gasteiger charge is -2.19. The van der Waals surface area contributed by atoms with Crippen LogP contribution in [-0.4, -0.2) is 16.6 Å². The predicted octanol–water partition coefficient (Wildman–Crippen LogP) is 3.87. The summed E-state index contributed by atoms with van der Waals surface area (Å²) in [6, 6.07) is 6.75. The number of benzene rings is 1. The van der Waals surface area contributed by atoms with Crippen molar-refractivity contribution in [3.63, 3.8) is 0 Å². The van der Waals surface area contributed by atoms with Gasteiger partial charge < -0.3 is 9.88 Å². The molecule has 2 rings (SSSR count). The largest absolute Gasteiger partial charge is 0.335 e. The molecule has 20 heavy (non-hydrogen) atoms. The van der Waals surface area contributed by atoms with E-state index in [0.29, 0.717) is 6.04 Å². The van der Waals surface area contributed by atoms with Crippen LogP contribution in [0.5, 0.6) is 0 Å². The average molecular weight is 336 g/mol. The molecular formula is C16H22BrN3. The quantitative estimate of drug-likeness (QED) is 0.868. The summed E-state index contributed by atoms with van der Waals surface area (Å²) < 4.78 is 3.37. The van der Waals surface area contributed by atoms with E-state index in [1.807, 2.05) is 13.2 Å². The first-order valence-electron chi connectivity index (χ1n) is 7.09. The molecule has 1 aromatic carbocycles. The third kappa shape index (κ3) is 3.49. The van der Waals surface area contributed by atoms with Crippen molar-refractivity contribution < 1.29 is 0 Å². The number of nitrogens with one attached hydrogen (secondary N) is 1. The third-order valence-corrected chi connectivity index (χ3v) is 4.10. The lowest BCUT2D eigenvalue weighted by Crippen LogP contribution is -2.21. The van der Waals surface area contributed by atoms with Gasteiger partial charge in [-0.25, -0.2) is 4.98 Å². The Labute approximate surface area is 129 Å². The minimum Gasteiger partial charge on any atom is -0.335 e. The topological polar surface area (TPSA) is 29.9 Å². The van der Waals surface area contributed by atoms with Crippen molar-refractivity contribution in [2.45, 2.75) is 39.3 Å². The molecule has 0 radical (unpaired) electrons. The van der Waals surface area contributed by atoms with Gasteiger partial charge in [0.2, 0.25) is 0 Å². The standard InChI is InChI=1S/C16H22BrN3/c1-4-8-20-9-7-19-16(20)11-15(18-3)14-6-5-13(17)10-12(14)2/h5-7,9-10,15,18H,4,8,11H2,1-3H3. The van der Waals surface area contributed by atoms with Gasteiger partial charge in [-0.05, 0) is 43.7 Å². The van der Waals surface area contributed by atoms with Crippen LogP contribution in [0.2, 0.25) is 0 Å². The van der Waals surface area contributed by atoms with Crippen molar-refractivity contribution in [3.8, 4) is 0 Å². The molecular weight excluding hydrogens is 314 g/mol. The zero-order chi connectivity index (χ0) is 14.5. The van der Waals surface area contributed by atoms with Gasteiger partial charge >= 0.3 is 0 Å². The summed E-state index contributed by atoms with van der Waals surface area (Å²) in [5.41, 5.74) is 2.63. The fourth-order valence-electron chi connectivity index (χ4n) is 2.55.